The molecule has 0 N–H and O–H groups in total. The van der Waals surface area contributed by atoms with Crippen molar-refractivity contribution in [3.63, 3.8) is 0 Å². The molecule has 3 aromatic rings. The van der Waals surface area contributed by atoms with Crippen LogP contribution in [0.4, 0.5) is 0 Å². The lowest BCUT2D eigenvalue weighted by Crippen LogP contribution is -2.20. The average molecular weight is 260 g/mol. The van der Waals surface area contributed by atoms with Gasteiger partial charge in [0, 0.05) is 0 Å². The Labute approximate surface area is 121 Å². The minimum atomic E-state index is 0.156. The number of hydrogen-bond acceptors (Lipinski definition) is 0. The van der Waals surface area contributed by atoms with Gasteiger partial charge in [-0.3, -0.25) is 0 Å². The quantitative estimate of drug-likeness (QED) is 0.594. The van der Waals surface area contributed by atoms with Crippen molar-refractivity contribution in [1.29, 1.82) is 0 Å². The van der Waals surface area contributed by atoms with Gasteiger partial charge in [0.25, 0.3) is 0 Å². The molecule has 0 aliphatic heterocycles. The molecule has 0 saturated heterocycles. The Hall–Kier alpha value is -2.08. The van der Waals surface area contributed by atoms with Crippen LogP contribution in [0.5, 0.6) is 0 Å². The van der Waals surface area contributed by atoms with Gasteiger partial charge in [-0.2, -0.15) is 0 Å². The largest absolute Gasteiger partial charge is 0.0622 e. The molecular weight excluding hydrogens is 240 g/mol. The summed E-state index contributed by atoms with van der Waals surface area (Å²) < 4.78 is 0. The lowest BCUT2D eigenvalue weighted by Gasteiger charge is -2.25. The highest BCUT2D eigenvalue weighted by atomic mass is 14.2. The van der Waals surface area contributed by atoms with Crippen LogP contribution in [0.2, 0.25) is 0 Å². The van der Waals surface area contributed by atoms with Gasteiger partial charge >= 0.3 is 0 Å². The van der Waals surface area contributed by atoms with E-state index >= 15 is 0 Å². The summed E-state index contributed by atoms with van der Waals surface area (Å²) in [6.45, 7) is 4.63. The first-order valence-corrected chi connectivity index (χ1v) is 7.18. The molecule has 0 amide bonds. The van der Waals surface area contributed by atoms with Gasteiger partial charge in [0.15, 0.2) is 0 Å². The van der Waals surface area contributed by atoms with Crippen LogP contribution < -0.4 is 0 Å². The number of benzene rings is 3. The third-order valence-electron chi connectivity index (χ3n) is 4.02. The predicted octanol–water partition coefficient (Wildman–Crippen LogP) is 5.36. The van der Waals surface area contributed by atoms with Crippen LogP contribution in [0, 0.1) is 0 Å². The topological polar surface area (TPSA) is 0 Å². The van der Waals surface area contributed by atoms with Gasteiger partial charge in [0.1, 0.15) is 0 Å². The summed E-state index contributed by atoms with van der Waals surface area (Å²) in [6.07, 6.45) is 1.06. The third kappa shape index (κ3) is 2.60. The van der Waals surface area contributed by atoms with Crippen molar-refractivity contribution in [2.75, 3.05) is 0 Å². The highest BCUT2D eigenvalue weighted by Gasteiger charge is 2.20. The monoisotopic (exact) mass is 260 g/mol. The van der Waals surface area contributed by atoms with Crippen LogP contribution in [0.25, 0.3) is 10.8 Å². The maximum atomic E-state index is 2.32. The fourth-order valence-electron chi connectivity index (χ4n) is 2.85. The van der Waals surface area contributed by atoms with E-state index in [1.165, 1.54) is 21.9 Å². The van der Waals surface area contributed by atoms with Crippen LogP contribution in [-0.4, -0.2) is 0 Å². The van der Waals surface area contributed by atoms with Crippen molar-refractivity contribution in [2.45, 2.75) is 25.7 Å². The molecule has 0 unspecified atom stereocenters. The summed E-state index contributed by atoms with van der Waals surface area (Å²) in [7, 11) is 0. The summed E-state index contributed by atoms with van der Waals surface area (Å²) in [5.41, 5.74) is 2.95. The second-order valence-electron chi connectivity index (χ2n) is 6.11. The molecule has 0 radical (unpaired) electrons. The van der Waals surface area contributed by atoms with Crippen LogP contribution in [-0.2, 0) is 11.8 Å². The van der Waals surface area contributed by atoms with Crippen molar-refractivity contribution >= 4 is 10.8 Å². The van der Waals surface area contributed by atoms with Crippen molar-refractivity contribution < 1.29 is 0 Å². The van der Waals surface area contributed by atoms with Gasteiger partial charge in [0.05, 0.1) is 0 Å². The number of rotatable bonds is 3. The molecule has 0 aromatic heterocycles. The summed E-state index contributed by atoms with van der Waals surface area (Å²) >= 11 is 0. The molecule has 20 heavy (non-hydrogen) atoms. The fraction of sp³-hybridized carbons (Fsp3) is 0.200. The molecule has 0 nitrogen and oxygen atoms in total. The van der Waals surface area contributed by atoms with Gasteiger partial charge < -0.3 is 0 Å². The smallest absolute Gasteiger partial charge is 0.00632 e. The van der Waals surface area contributed by atoms with Crippen molar-refractivity contribution in [1.82, 2.24) is 0 Å². The lowest BCUT2D eigenvalue weighted by molar-refractivity contribution is 0.522. The highest BCUT2D eigenvalue weighted by molar-refractivity contribution is 5.83. The summed E-state index contributed by atoms with van der Waals surface area (Å²) in [4.78, 5) is 0. The Bertz CT molecular complexity index is 708. The zero-order valence-corrected chi connectivity index (χ0v) is 12.1. The minimum Gasteiger partial charge on any atom is -0.0622 e. The molecule has 0 fully saturated rings. The van der Waals surface area contributed by atoms with E-state index in [9.17, 15) is 0 Å². The Kier molecular flexibility index (Phi) is 3.31. The predicted molar refractivity (Wildman–Crippen MR) is 87.1 cm³/mol. The zero-order chi connectivity index (χ0) is 14.0. The second kappa shape index (κ2) is 5.13. The molecular formula is C20H20. The van der Waals surface area contributed by atoms with E-state index in [-0.39, 0.29) is 5.41 Å². The molecule has 3 rings (SSSR count). The third-order valence-corrected chi connectivity index (χ3v) is 4.02. The summed E-state index contributed by atoms with van der Waals surface area (Å²) in [5.74, 6) is 0. The van der Waals surface area contributed by atoms with Crippen molar-refractivity contribution in [3.05, 3.63) is 83.9 Å². The van der Waals surface area contributed by atoms with Crippen molar-refractivity contribution in [2.24, 2.45) is 0 Å². The SMILES string of the molecule is CC(C)(Cc1ccc2ccccc2c1)c1ccccc1. The van der Waals surface area contributed by atoms with Gasteiger partial charge in [-0.25, -0.2) is 0 Å². The Morgan fingerprint density at radius 3 is 2.10 bits per heavy atom. The van der Waals surface area contributed by atoms with E-state index in [0.29, 0.717) is 0 Å². The number of hydrogen-bond donors (Lipinski definition) is 0. The van der Waals surface area contributed by atoms with E-state index in [1.807, 2.05) is 0 Å². The van der Waals surface area contributed by atoms with E-state index in [2.05, 4.69) is 86.6 Å². The van der Waals surface area contributed by atoms with E-state index in [0.717, 1.165) is 6.42 Å². The van der Waals surface area contributed by atoms with Crippen LogP contribution in [0.3, 0.4) is 0 Å². The first-order chi connectivity index (χ1) is 9.65. The van der Waals surface area contributed by atoms with E-state index in [4.69, 9.17) is 0 Å². The molecule has 0 heterocycles. The molecule has 0 spiro atoms. The maximum Gasteiger partial charge on any atom is -0.00632 e. The molecule has 0 heteroatoms. The van der Waals surface area contributed by atoms with Gasteiger partial charge in [0.2, 0.25) is 0 Å². The second-order valence-corrected chi connectivity index (χ2v) is 6.11. The molecule has 3 aromatic carbocycles. The Morgan fingerprint density at radius 2 is 1.35 bits per heavy atom. The normalized spacial score (nSPS) is 11.7. The molecule has 100 valence electrons. The van der Waals surface area contributed by atoms with E-state index in [1.54, 1.807) is 0 Å². The van der Waals surface area contributed by atoms with Gasteiger partial charge in [-0.15, -0.1) is 0 Å². The first kappa shape index (κ1) is 12.9. The Morgan fingerprint density at radius 1 is 0.700 bits per heavy atom. The van der Waals surface area contributed by atoms with Crippen LogP contribution in [0.1, 0.15) is 25.0 Å². The maximum absolute atomic E-state index is 2.32. The summed E-state index contributed by atoms with van der Waals surface area (Å²) in [6, 6.07) is 26.1. The van der Waals surface area contributed by atoms with Gasteiger partial charge in [-0.05, 0) is 33.7 Å². The van der Waals surface area contributed by atoms with Crippen LogP contribution >= 0.6 is 0 Å². The molecule has 0 aliphatic carbocycles. The molecule has 0 aliphatic rings. The fourth-order valence-corrected chi connectivity index (χ4v) is 2.85. The zero-order valence-electron chi connectivity index (χ0n) is 12.1. The van der Waals surface area contributed by atoms with Crippen molar-refractivity contribution in [3.8, 4) is 0 Å². The summed E-state index contributed by atoms with van der Waals surface area (Å²) in [5, 5.41) is 2.64. The minimum absolute atomic E-state index is 0.156. The molecule has 0 bridgehead atoms. The lowest BCUT2D eigenvalue weighted by atomic mass is 9.79. The van der Waals surface area contributed by atoms with E-state index < -0.39 is 0 Å². The molecule has 0 atom stereocenters. The highest BCUT2D eigenvalue weighted by Crippen LogP contribution is 2.28. The first-order valence-electron chi connectivity index (χ1n) is 7.18. The number of fused-ring (bicyclic) bond motifs is 1. The standard InChI is InChI=1S/C20H20/c1-20(2,19-10-4-3-5-11-19)15-16-12-13-17-8-6-7-9-18(17)14-16/h3-14H,15H2,1-2H3. The van der Waals surface area contributed by atoms with Gasteiger partial charge in [-0.1, -0.05) is 86.6 Å². The van der Waals surface area contributed by atoms with Crippen LogP contribution in [0.15, 0.2) is 72.8 Å². The Balaban J connectivity index is 1.92. The molecule has 0 saturated carbocycles. The average Bonchev–Trinajstić information content (AvgIpc) is 2.48.